The van der Waals surface area contributed by atoms with Crippen LogP contribution in [0.1, 0.15) is 0 Å². The summed E-state index contributed by atoms with van der Waals surface area (Å²) in [7, 11) is 0. The van der Waals surface area contributed by atoms with Crippen LogP contribution in [-0.2, 0) is 19.5 Å². The summed E-state index contributed by atoms with van der Waals surface area (Å²) in [5.41, 5.74) is 7.48. The fraction of sp³-hybridized carbons (Fsp3) is 0. The van der Waals surface area contributed by atoms with Gasteiger partial charge in [-0.25, -0.2) is 9.97 Å². The molecule has 2 N–H and O–H groups in total. The van der Waals surface area contributed by atoms with E-state index in [1.165, 1.54) is 12.1 Å². The molecule has 0 atom stereocenters. The number of aromatic amines is 2. The normalized spacial score (nSPS) is 10.6. The molecule has 4 aromatic rings. The van der Waals surface area contributed by atoms with Crippen LogP contribution in [0.2, 0.25) is 0 Å². The molecule has 2 aliphatic carbocycles. The minimum absolute atomic E-state index is 0. The van der Waals surface area contributed by atoms with Gasteiger partial charge in [-0.3, -0.25) is 29.5 Å². The Morgan fingerprint density at radius 2 is 0.745 bits per heavy atom. The van der Waals surface area contributed by atoms with Gasteiger partial charge in [-0.05, 0) is 72.8 Å². The molecule has 6 heterocycles. The van der Waals surface area contributed by atoms with Gasteiger partial charge < -0.3 is 9.97 Å². The molecule has 11 heteroatoms. The minimum atomic E-state index is -0.122. The molecule has 0 bridgehead atoms. The Labute approximate surface area is 281 Å². The van der Waals surface area contributed by atoms with E-state index in [-0.39, 0.29) is 30.3 Å². The number of nitrogens with one attached hydrogen (secondary N) is 2. The van der Waals surface area contributed by atoms with Gasteiger partial charge in [-0.1, -0.05) is 36.4 Å². The van der Waals surface area contributed by atoms with Crippen LogP contribution in [0.15, 0.2) is 144 Å². The van der Waals surface area contributed by atoms with Gasteiger partial charge in [0.2, 0.25) is 10.9 Å². The predicted molar refractivity (Wildman–Crippen MR) is 176 cm³/mol. The SMILES string of the molecule is O=c1cccc2[nH]c(-c3ccccn3)c(-c3ccccn3)nc1-2.O=c1cccc2[nH]c(-c3ccccn3)c(-c3ccccn3)nc1-2.[Zn]. The molecule has 0 saturated carbocycles. The Morgan fingerprint density at radius 3 is 1.09 bits per heavy atom. The fourth-order valence-corrected chi connectivity index (χ4v) is 4.97. The van der Waals surface area contributed by atoms with Crippen molar-refractivity contribution in [3.8, 4) is 68.3 Å². The molecule has 0 radical (unpaired) electrons. The molecule has 0 saturated heterocycles. The first kappa shape index (κ1) is 30.9. The van der Waals surface area contributed by atoms with Gasteiger partial charge in [-0.15, -0.1) is 0 Å². The Hall–Kier alpha value is -6.06. The van der Waals surface area contributed by atoms with Crippen molar-refractivity contribution in [1.82, 2.24) is 39.9 Å². The summed E-state index contributed by atoms with van der Waals surface area (Å²) >= 11 is 0. The van der Waals surface area contributed by atoms with Crippen LogP contribution in [0.5, 0.6) is 0 Å². The summed E-state index contributed by atoms with van der Waals surface area (Å²) in [5.74, 6) is 0. The average molecular weight is 666 g/mol. The number of aromatic nitrogens is 8. The van der Waals surface area contributed by atoms with E-state index in [4.69, 9.17) is 0 Å². The predicted octanol–water partition coefficient (Wildman–Crippen LogP) is 5.99. The maximum Gasteiger partial charge on any atom is 0.206 e. The summed E-state index contributed by atoms with van der Waals surface area (Å²) in [4.78, 5) is 57.4. The van der Waals surface area contributed by atoms with Gasteiger partial charge in [0.05, 0.1) is 45.6 Å². The Balaban J connectivity index is 0.000000161. The zero-order valence-corrected chi connectivity index (χ0v) is 27.9. The second-order valence-electron chi connectivity index (χ2n) is 10.1. The minimum Gasteiger partial charge on any atom is -0.350 e. The molecule has 47 heavy (non-hydrogen) atoms. The Kier molecular flexibility index (Phi) is 9.17. The number of nitrogens with zero attached hydrogens (tertiary/aromatic N) is 6. The number of hydrogen-bond acceptors (Lipinski definition) is 8. The van der Waals surface area contributed by atoms with Crippen LogP contribution >= 0.6 is 0 Å². The maximum absolute atomic E-state index is 12.1. The van der Waals surface area contributed by atoms with Crippen LogP contribution < -0.4 is 10.9 Å². The quantitative estimate of drug-likeness (QED) is 0.218. The third-order valence-electron chi connectivity index (χ3n) is 7.10. The molecule has 2 aliphatic heterocycles. The smallest absolute Gasteiger partial charge is 0.206 e. The third-order valence-corrected chi connectivity index (χ3v) is 7.10. The molecule has 0 spiro atoms. The van der Waals surface area contributed by atoms with Crippen molar-refractivity contribution in [2.24, 2.45) is 0 Å². The molecular weight excluding hydrogens is 642 g/mol. The first-order valence-corrected chi connectivity index (χ1v) is 14.4. The molecule has 0 unspecified atom stereocenters. The number of rotatable bonds is 4. The molecule has 0 aromatic carbocycles. The molecule has 8 rings (SSSR count). The summed E-state index contributed by atoms with van der Waals surface area (Å²) in [6.07, 6.45) is 6.85. The monoisotopic (exact) mass is 664 g/mol. The van der Waals surface area contributed by atoms with Crippen molar-refractivity contribution in [3.05, 3.63) is 154 Å². The molecule has 4 aromatic heterocycles. The Bertz CT molecular complexity index is 2130. The second kappa shape index (κ2) is 13.9. The molecule has 222 valence electrons. The number of para-hydroxylation sites is 2. The topological polar surface area (TPSA) is 143 Å². The van der Waals surface area contributed by atoms with Crippen LogP contribution in [0.3, 0.4) is 0 Å². The van der Waals surface area contributed by atoms with E-state index in [2.05, 4.69) is 39.9 Å². The first-order chi connectivity index (χ1) is 22.7. The van der Waals surface area contributed by atoms with Crippen molar-refractivity contribution >= 4 is 0 Å². The van der Waals surface area contributed by atoms with Crippen molar-refractivity contribution in [1.29, 1.82) is 0 Å². The number of H-pyrrole nitrogens is 2. The van der Waals surface area contributed by atoms with Gasteiger partial charge in [0.1, 0.15) is 22.8 Å². The third kappa shape index (κ3) is 6.52. The zero-order chi connectivity index (χ0) is 31.3. The molecule has 10 nitrogen and oxygen atoms in total. The van der Waals surface area contributed by atoms with Crippen molar-refractivity contribution in [2.45, 2.75) is 0 Å². The number of hydrogen-bond donors (Lipinski definition) is 2. The number of pyridine rings is 4. The molecule has 0 fully saturated rings. The van der Waals surface area contributed by atoms with Crippen LogP contribution in [0, 0.1) is 0 Å². The Morgan fingerprint density at radius 1 is 0.383 bits per heavy atom. The van der Waals surface area contributed by atoms with E-state index >= 15 is 0 Å². The van der Waals surface area contributed by atoms with E-state index in [9.17, 15) is 9.59 Å². The summed E-state index contributed by atoms with van der Waals surface area (Å²) in [6.45, 7) is 0. The molecular formula is C36H24N8O2Zn. The van der Waals surface area contributed by atoms with Crippen molar-refractivity contribution < 1.29 is 19.5 Å². The van der Waals surface area contributed by atoms with Gasteiger partial charge in [-0.2, -0.15) is 0 Å². The second-order valence-corrected chi connectivity index (χ2v) is 10.1. The van der Waals surface area contributed by atoms with E-state index in [0.717, 1.165) is 22.8 Å². The van der Waals surface area contributed by atoms with Crippen LogP contribution in [0.25, 0.3) is 68.3 Å². The zero-order valence-electron chi connectivity index (χ0n) is 24.9. The fourth-order valence-electron chi connectivity index (χ4n) is 4.97. The molecule has 4 aliphatic rings. The summed E-state index contributed by atoms with van der Waals surface area (Å²) in [5, 5.41) is 0. The summed E-state index contributed by atoms with van der Waals surface area (Å²) in [6, 6.07) is 32.6. The van der Waals surface area contributed by atoms with Gasteiger partial charge in [0.15, 0.2) is 0 Å². The van der Waals surface area contributed by atoms with Gasteiger partial charge in [0.25, 0.3) is 0 Å². The van der Waals surface area contributed by atoms with Gasteiger partial charge >= 0.3 is 0 Å². The molecule has 0 amide bonds. The maximum atomic E-state index is 12.1. The van der Waals surface area contributed by atoms with E-state index in [0.29, 0.717) is 45.6 Å². The van der Waals surface area contributed by atoms with Crippen molar-refractivity contribution in [3.63, 3.8) is 0 Å². The van der Waals surface area contributed by atoms with E-state index < -0.39 is 0 Å². The van der Waals surface area contributed by atoms with Crippen molar-refractivity contribution in [2.75, 3.05) is 0 Å². The van der Waals surface area contributed by atoms with E-state index in [1.807, 2.05) is 84.9 Å². The standard InChI is InChI=1S/2C18H12N4O.Zn/c2*23-15-9-5-8-14-16(15)22-18(13-7-2-4-11-20-13)17(21-14)12-6-1-3-10-19-12;/h2*1-11,21H;. The first-order valence-electron chi connectivity index (χ1n) is 14.4. The average Bonchev–Trinajstić information content (AvgIpc) is 3.13. The summed E-state index contributed by atoms with van der Waals surface area (Å²) < 4.78 is 0. The van der Waals surface area contributed by atoms with Crippen LogP contribution in [-0.4, -0.2) is 39.9 Å². The largest absolute Gasteiger partial charge is 0.350 e. The van der Waals surface area contributed by atoms with Gasteiger partial charge in [0, 0.05) is 44.3 Å². The number of fused-ring (bicyclic) bond motifs is 2. The van der Waals surface area contributed by atoms with Crippen LogP contribution in [0.4, 0.5) is 0 Å². The number of benzene rings is 2. The van der Waals surface area contributed by atoms with E-state index in [1.54, 1.807) is 36.9 Å².